The number of hydrogen-bond acceptors (Lipinski definition) is 1. The van der Waals surface area contributed by atoms with Crippen LogP contribution in [0.1, 0.15) is 62.1 Å². The van der Waals surface area contributed by atoms with Gasteiger partial charge in [-0.25, -0.2) is 0 Å². The minimum Gasteiger partial charge on any atom is -0.316 e. The third kappa shape index (κ3) is 3.85. The zero-order valence-electron chi connectivity index (χ0n) is 13.6. The van der Waals surface area contributed by atoms with Gasteiger partial charge in [0.2, 0.25) is 0 Å². The standard InChI is InChI=1S/C19H31N/c1-4-13-20-15-19(11-6-5-7-12-19)14-18-16(2)9-8-10-17(18)3/h8-10,20H,4-7,11-15H2,1-3H3. The van der Waals surface area contributed by atoms with Crippen molar-refractivity contribution in [3.8, 4) is 0 Å². The molecule has 1 saturated carbocycles. The molecule has 0 saturated heterocycles. The van der Waals surface area contributed by atoms with Crippen LogP contribution in [0.15, 0.2) is 18.2 Å². The minimum atomic E-state index is 0.504. The minimum absolute atomic E-state index is 0.504. The molecule has 0 aliphatic heterocycles. The van der Waals surface area contributed by atoms with Crippen molar-refractivity contribution >= 4 is 0 Å². The van der Waals surface area contributed by atoms with Crippen LogP contribution in [-0.2, 0) is 6.42 Å². The summed E-state index contributed by atoms with van der Waals surface area (Å²) in [6, 6.07) is 6.74. The Morgan fingerprint density at radius 1 is 1.05 bits per heavy atom. The van der Waals surface area contributed by atoms with Crippen LogP contribution in [0, 0.1) is 19.3 Å². The molecule has 0 atom stereocenters. The highest BCUT2D eigenvalue weighted by atomic mass is 14.9. The number of aryl methyl sites for hydroxylation is 2. The molecule has 1 aliphatic carbocycles. The largest absolute Gasteiger partial charge is 0.316 e. The van der Waals surface area contributed by atoms with Gasteiger partial charge < -0.3 is 5.32 Å². The molecule has 0 spiro atoms. The van der Waals surface area contributed by atoms with E-state index in [0.29, 0.717) is 5.41 Å². The molecule has 0 radical (unpaired) electrons. The number of benzene rings is 1. The summed E-state index contributed by atoms with van der Waals surface area (Å²) in [4.78, 5) is 0. The predicted octanol–water partition coefficient (Wildman–Crippen LogP) is 4.80. The maximum Gasteiger partial charge on any atom is 0.00110 e. The normalized spacial score (nSPS) is 18.1. The van der Waals surface area contributed by atoms with Crippen LogP contribution in [0.2, 0.25) is 0 Å². The van der Waals surface area contributed by atoms with Crippen molar-refractivity contribution in [2.75, 3.05) is 13.1 Å². The first-order chi connectivity index (χ1) is 9.67. The van der Waals surface area contributed by atoms with E-state index in [2.05, 4.69) is 44.3 Å². The third-order valence-corrected chi connectivity index (χ3v) is 5.04. The van der Waals surface area contributed by atoms with Crippen molar-refractivity contribution in [3.63, 3.8) is 0 Å². The molecule has 1 nitrogen and oxygen atoms in total. The van der Waals surface area contributed by atoms with Gasteiger partial charge in [-0.05, 0) is 68.2 Å². The molecule has 112 valence electrons. The molecule has 1 aliphatic rings. The van der Waals surface area contributed by atoms with Gasteiger partial charge in [0.05, 0.1) is 0 Å². The molecule has 0 unspecified atom stereocenters. The highest BCUT2D eigenvalue weighted by Crippen LogP contribution is 2.40. The summed E-state index contributed by atoms with van der Waals surface area (Å²) in [6.45, 7) is 9.17. The zero-order valence-corrected chi connectivity index (χ0v) is 13.6. The summed E-state index contributed by atoms with van der Waals surface area (Å²) < 4.78 is 0. The fourth-order valence-electron chi connectivity index (χ4n) is 3.75. The molecule has 2 rings (SSSR count). The zero-order chi connectivity index (χ0) is 14.4. The van der Waals surface area contributed by atoms with E-state index in [9.17, 15) is 0 Å². The second-order valence-corrected chi connectivity index (χ2v) is 6.78. The number of nitrogens with one attached hydrogen (secondary N) is 1. The summed E-state index contributed by atoms with van der Waals surface area (Å²) in [6.07, 6.45) is 9.57. The Hall–Kier alpha value is -0.820. The maximum atomic E-state index is 3.70. The maximum absolute atomic E-state index is 3.70. The van der Waals surface area contributed by atoms with Crippen molar-refractivity contribution in [2.45, 2.75) is 65.7 Å². The van der Waals surface area contributed by atoms with E-state index in [1.165, 1.54) is 62.6 Å². The quantitative estimate of drug-likeness (QED) is 0.734. The molecule has 0 heterocycles. The molecule has 1 aromatic rings. The Balaban J connectivity index is 2.14. The lowest BCUT2D eigenvalue weighted by atomic mass is 9.69. The van der Waals surface area contributed by atoms with E-state index in [4.69, 9.17) is 0 Å². The lowest BCUT2D eigenvalue weighted by Crippen LogP contribution is -2.38. The average molecular weight is 273 g/mol. The number of hydrogen-bond donors (Lipinski definition) is 1. The van der Waals surface area contributed by atoms with Gasteiger partial charge in [0.25, 0.3) is 0 Å². The molecule has 1 fully saturated rings. The summed E-state index contributed by atoms with van der Waals surface area (Å²) in [5, 5.41) is 3.70. The van der Waals surface area contributed by atoms with Crippen LogP contribution in [0.25, 0.3) is 0 Å². The summed E-state index contributed by atoms with van der Waals surface area (Å²) in [7, 11) is 0. The van der Waals surface area contributed by atoms with Crippen molar-refractivity contribution in [2.24, 2.45) is 5.41 Å². The second-order valence-electron chi connectivity index (χ2n) is 6.78. The summed E-state index contributed by atoms with van der Waals surface area (Å²) in [5.74, 6) is 0. The van der Waals surface area contributed by atoms with E-state index in [0.717, 1.165) is 6.54 Å². The molecular weight excluding hydrogens is 242 g/mol. The van der Waals surface area contributed by atoms with Crippen molar-refractivity contribution in [1.82, 2.24) is 5.32 Å². The Morgan fingerprint density at radius 2 is 1.70 bits per heavy atom. The number of rotatable bonds is 6. The SMILES string of the molecule is CCCNCC1(Cc2c(C)cccc2C)CCCCC1. The van der Waals surface area contributed by atoms with E-state index in [1.807, 2.05) is 0 Å². The first-order valence-corrected chi connectivity index (χ1v) is 8.43. The van der Waals surface area contributed by atoms with Crippen molar-refractivity contribution in [3.05, 3.63) is 34.9 Å². The smallest absolute Gasteiger partial charge is 0.00110 e. The van der Waals surface area contributed by atoms with Gasteiger partial charge in [-0.15, -0.1) is 0 Å². The molecule has 1 aromatic carbocycles. The Morgan fingerprint density at radius 3 is 2.30 bits per heavy atom. The molecule has 1 N–H and O–H groups in total. The molecule has 0 aromatic heterocycles. The Bertz CT molecular complexity index is 396. The van der Waals surface area contributed by atoms with E-state index in [-0.39, 0.29) is 0 Å². The highest BCUT2D eigenvalue weighted by Gasteiger charge is 2.32. The van der Waals surface area contributed by atoms with Crippen LogP contribution in [0.5, 0.6) is 0 Å². The van der Waals surface area contributed by atoms with E-state index >= 15 is 0 Å². The van der Waals surface area contributed by atoms with Crippen LogP contribution >= 0.6 is 0 Å². The lowest BCUT2D eigenvalue weighted by molar-refractivity contribution is 0.180. The van der Waals surface area contributed by atoms with E-state index in [1.54, 1.807) is 5.56 Å². The van der Waals surface area contributed by atoms with Crippen LogP contribution in [0.3, 0.4) is 0 Å². The van der Waals surface area contributed by atoms with E-state index < -0.39 is 0 Å². The Kier molecular flexibility index (Phi) is 5.65. The van der Waals surface area contributed by atoms with Gasteiger partial charge in [0, 0.05) is 6.54 Å². The molecular formula is C19H31N. The average Bonchev–Trinajstić information content (AvgIpc) is 2.45. The lowest BCUT2D eigenvalue weighted by Gasteiger charge is -2.38. The first kappa shape index (κ1) is 15.6. The third-order valence-electron chi connectivity index (χ3n) is 5.04. The van der Waals surface area contributed by atoms with Gasteiger partial charge in [-0.2, -0.15) is 0 Å². The van der Waals surface area contributed by atoms with Crippen LogP contribution < -0.4 is 5.32 Å². The summed E-state index contributed by atoms with van der Waals surface area (Å²) >= 11 is 0. The van der Waals surface area contributed by atoms with Gasteiger partial charge >= 0.3 is 0 Å². The van der Waals surface area contributed by atoms with Crippen molar-refractivity contribution < 1.29 is 0 Å². The molecule has 20 heavy (non-hydrogen) atoms. The Labute approximate surface area is 125 Å². The predicted molar refractivity (Wildman–Crippen MR) is 88.3 cm³/mol. The topological polar surface area (TPSA) is 12.0 Å². The molecule has 0 amide bonds. The summed E-state index contributed by atoms with van der Waals surface area (Å²) in [5.41, 5.74) is 5.06. The van der Waals surface area contributed by atoms with Crippen LogP contribution in [-0.4, -0.2) is 13.1 Å². The van der Waals surface area contributed by atoms with Gasteiger partial charge in [0.1, 0.15) is 0 Å². The fraction of sp³-hybridized carbons (Fsp3) is 0.684. The van der Waals surface area contributed by atoms with Gasteiger partial charge in [-0.1, -0.05) is 44.4 Å². The highest BCUT2D eigenvalue weighted by molar-refractivity contribution is 5.34. The second kappa shape index (κ2) is 7.26. The fourth-order valence-corrected chi connectivity index (χ4v) is 3.75. The monoisotopic (exact) mass is 273 g/mol. The molecule has 0 bridgehead atoms. The van der Waals surface area contributed by atoms with Crippen LogP contribution in [0.4, 0.5) is 0 Å². The van der Waals surface area contributed by atoms with Crippen molar-refractivity contribution in [1.29, 1.82) is 0 Å². The van der Waals surface area contributed by atoms with Gasteiger partial charge in [0.15, 0.2) is 0 Å². The van der Waals surface area contributed by atoms with Gasteiger partial charge in [-0.3, -0.25) is 0 Å². The molecule has 1 heteroatoms. The first-order valence-electron chi connectivity index (χ1n) is 8.43.